The molecule has 1 fully saturated rings. The van der Waals surface area contributed by atoms with Crippen LogP contribution in [0.25, 0.3) is 21.8 Å². The Hall–Kier alpha value is -2.89. The third-order valence-electron chi connectivity index (χ3n) is 4.29. The Kier molecular flexibility index (Phi) is 4.56. The second-order valence-electron chi connectivity index (χ2n) is 5.77. The molecule has 1 aliphatic heterocycles. The number of ether oxygens (including phenoxy) is 2. The zero-order valence-corrected chi connectivity index (χ0v) is 15.0. The zero-order valence-electron chi connectivity index (χ0n) is 14.2. The fraction of sp³-hybridized carbons (Fsp3) is 0.278. The maximum absolute atomic E-state index is 9.95. The molecule has 0 unspecified atom stereocenters. The monoisotopic (exact) mass is 367 g/mol. The molecule has 1 aliphatic rings. The normalized spacial score (nSPS) is 14.2. The van der Waals surface area contributed by atoms with Gasteiger partial charge in [0.2, 0.25) is 0 Å². The first-order valence-corrected chi connectivity index (χ1v) is 9.04. The number of aromatic amines is 1. The molecule has 132 valence electrons. The molecule has 0 spiro atoms. The maximum Gasteiger partial charge on any atom is 0.171 e. The van der Waals surface area contributed by atoms with Crippen LogP contribution in [0.15, 0.2) is 30.6 Å². The second kappa shape index (κ2) is 7.15. The number of nitrogens with one attached hydrogen (secondary N) is 1. The van der Waals surface area contributed by atoms with Crippen molar-refractivity contribution >= 4 is 16.3 Å². The molecular formula is C18H17N5O2S. The molecule has 0 aliphatic carbocycles. The number of thiophene rings is 1. The summed E-state index contributed by atoms with van der Waals surface area (Å²) in [4.78, 5) is 6.17. The summed E-state index contributed by atoms with van der Waals surface area (Å²) in [6.07, 6.45) is 1.55. The quantitative estimate of drug-likeness (QED) is 0.763. The first kappa shape index (κ1) is 16.6. The minimum absolute atomic E-state index is 0.650. The molecule has 1 N–H and O–H groups in total. The zero-order chi connectivity index (χ0) is 17.9. The van der Waals surface area contributed by atoms with Crippen molar-refractivity contribution < 1.29 is 9.47 Å². The number of methoxy groups -OCH3 is 1. The number of aromatic nitrogens is 3. The van der Waals surface area contributed by atoms with Gasteiger partial charge in [-0.3, -0.25) is 0 Å². The molecule has 2 aromatic heterocycles. The summed E-state index contributed by atoms with van der Waals surface area (Å²) >= 11 is 1.56. The predicted octanol–water partition coefficient (Wildman–Crippen LogP) is 2.92. The van der Waals surface area contributed by atoms with E-state index in [4.69, 9.17) is 9.47 Å². The molecule has 1 aromatic carbocycles. The number of rotatable bonds is 4. The predicted molar refractivity (Wildman–Crippen MR) is 99.4 cm³/mol. The van der Waals surface area contributed by atoms with Crippen LogP contribution in [-0.4, -0.2) is 48.6 Å². The van der Waals surface area contributed by atoms with E-state index in [1.165, 1.54) is 0 Å². The van der Waals surface area contributed by atoms with Crippen LogP contribution in [0.2, 0.25) is 0 Å². The Morgan fingerprint density at radius 1 is 1.35 bits per heavy atom. The molecule has 7 nitrogen and oxygen atoms in total. The number of benzene rings is 1. The molecule has 3 heterocycles. The van der Waals surface area contributed by atoms with Crippen molar-refractivity contribution in [3.05, 3.63) is 36.2 Å². The smallest absolute Gasteiger partial charge is 0.171 e. The van der Waals surface area contributed by atoms with Gasteiger partial charge in [0.05, 0.1) is 30.8 Å². The Bertz CT molecular complexity index is 939. The van der Waals surface area contributed by atoms with Crippen LogP contribution in [0.3, 0.4) is 0 Å². The van der Waals surface area contributed by atoms with Gasteiger partial charge in [-0.25, -0.2) is 0 Å². The van der Waals surface area contributed by atoms with E-state index >= 15 is 0 Å². The summed E-state index contributed by atoms with van der Waals surface area (Å²) in [5.74, 6) is 1.40. The second-order valence-corrected chi connectivity index (χ2v) is 6.77. The van der Waals surface area contributed by atoms with Crippen molar-refractivity contribution in [3.63, 3.8) is 0 Å². The number of hydrogen-bond acceptors (Lipinski definition) is 7. The third kappa shape index (κ3) is 2.92. The van der Waals surface area contributed by atoms with Crippen molar-refractivity contribution in [2.45, 2.75) is 0 Å². The number of morpholine rings is 1. The summed E-state index contributed by atoms with van der Waals surface area (Å²) in [5.41, 5.74) is 2.43. The fourth-order valence-corrected chi connectivity index (χ4v) is 4.32. The van der Waals surface area contributed by atoms with Crippen molar-refractivity contribution in [3.8, 4) is 33.6 Å². The molecule has 0 atom stereocenters. The van der Waals surface area contributed by atoms with Crippen LogP contribution >= 0.6 is 11.3 Å². The van der Waals surface area contributed by atoms with Gasteiger partial charge in [-0.2, -0.15) is 5.26 Å². The standard InChI is InChI=1S/C18H17N5O2S/c1-24-13-4-2-3-12(9-13)15-14(10-19)18(23-5-7-25-8-6-23)26-16(15)17-20-11-21-22-17/h2-4,9,11H,5-8H2,1H3,(H,20,21,22). The molecule has 8 heteroatoms. The minimum atomic E-state index is 0.650. The molecule has 3 aromatic rings. The summed E-state index contributed by atoms with van der Waals surface area (Å²) in [7, 11) is 1.63. The molecular weight excluding hydrogens is 350 g/mol. The molecule has 1 saturated heterocycles. The highest BCUT2D eigenvalue weighted by molar-refractivity contribution is 7.20. The van der Waals surface area contributed by atoms with E-state index in [-0.39, 0.29) is 0 Å². The molecule has 26 heavy (non-hydrogen) atoms. The van der Waals surface area contributed by atoms with E-state index in [1.54, 1.807) is 24.8 Å². The van der Waals surface area contributed by atoms with Gasteiger partial charge in [-0.15, -0.1) is 21.5 Å². The van der Waals surface area contributed by atoms with Crippen molar-refractivity contribution in [1.82, 2.24) is 15.2 Å². The molecule has 0 saturated carbocycles. The molecule has 4 rings (SSSR count). The Morgan fingerprint density at radius 3 is 2.88 bits per heavy atom. The van der Waals surface area contributed by atoms with E-state index in [0.29, 0.717) is 24.6 Å². The minimum Gasteiger partial charge on any atom is -0.497 e. The van der Waals surface area contributed by atoms with Gasteiger partial charge in [0, 0.05) is 18.7 Å². The average molecular weight is 367 g/mol. The van der Waals surface area contributed by atoms with Gasteiger partial charge in [0.25, 0.3) is 0 Å². The number of H-pyrrole nitrogens is 1. The van der Waals surface area contributed by atoms with Gasteiger partial charge in [0.1, 0.15) is 23.1 Å². The lowest BCUT2D eigenvalue weighted by Crippen LogP contribution is -2.36. The summed E-state index contributed by atoms with van der Waals surface area (Å²) in [6, 6.07) is 10.1. The SMILES string of the molecule is COc1cccc(-c2c(-c3nnc[nH]3)sc(N3CCOCC3)c2C#N)c1. The Labute approximate surface area is 154 Å². The number of hydrogen-bond donors (Lipinski definition) is 1. The lowest BCUT2D eigenvalue weighted by Gasteiger charge is -2.27. The van der Waals surface area contributed by atoms with E-state index in [0.717, 1.165) is 39.8 Å². The van der Waals surface area contributed by atoms with E-state index in [2.05, 4.69) is 26.2 Å². The maximum atomic E-state index is 9.95. The third-order valence-corrected chi connectivity index (χ3v) is 5.55. The lowest BCUT2D eigenvalue weighted by molar-refractivity contribution is 0.123. The highest BCUT2D eigenvalue weighted by atomic mass is 32.1. The fourth-order valence-electron chi connectivity index (χ4n) is 3.05. The molecule has 0 radical (unpaired) electrons. The highest BCUT2D eigenvalue weighted by Crippen LogP contribution is 2.46. The summed E-state index contributed by atoms with van der Waals surface area (Å²) in [6.45, 7) is 2.86. The van der Waals surface area contributed by atoms with E-state index < -0.39 is 0 Å². The summed E-state index contributed by atoms with van der Waals surface area (Å²) < 4.78 is 10.8. The van der Waals surface area contributed by atoms with Crippen LogP contribution < -0.4 is 9.64 Å². The topological polar surface area (TPSA) is 87.1 Å². The largest absolute Gasteiger partial charge is 0.497 e. The lowest BCUT2D eigenvalue weighted by atomic mass is 10.0. The van der Waals surface area contributed by atoms with Crippen molar-refractivity contribution in [2.75, 3.05) is 38.3 Å². The summed E-state index contributed by atoms with van der Waals surface area (Å²) in [5, 5.41) is 19.0. The van der Waals surface area contributed by atoms with Crippen molar-refractivity contribution in [2.24, 2.45) is 0 Å². The number of nitriles is 1. The van der Waals surface area contributed by atoms with Gasteiger partial charge < -0.3 is 19.4 Å². The molecule has 0 bridgehead atoms. The number of anilines is 1. The van der Waals surface area contributed by atoms with Crippen LogP contribution in [0, 0.1) is 11.3 Å². The van der Waals surface area contributed by atoms with Gasteiger partial charge >= 0.3 is 0 Å². The molecule has 0 amide bonds. The van der Waals surface area contributed by atoms with Gasteiger partial charge in [0.15, 0.2) is 5.82 Å². The van der Waals surface area contributed by atoms with Crippen molar-refractivity contribution in [1.29, 1.82) is 5.26 Å². The van der Waals surface area contributed by atoms with Crippen LogP contribution in [0.5, 0.6) is 5.75 Å². The number of nitrogens with zero attached hydrogens (tertiary/aromatic N) is 4. The van der Waals surface area contributed by atoms with Crippen LogP contribution in [0.1, 0.15) is 5.56 Å². The van der Waals surface area contributed by atoms with Gasteiger partial charge in [-0.1, -0.05) is 12.1 Å². The first-order chi connectivity index (χ1) is 12.8. The van der Waals surface area contributed by atoms with Gasteiger partial charge in [-0.05, 0) is 17.7 Å². The van der Waals surface area contributed by atoms with Crippen LogP contribution in [0.4, 0.5) is 5.00 Å². The van der Waals surface area contributed by atoms with E-state index in [9.17, 15) is 5.26 Å². The van der Waals surface area contributed by atoms with E-state index in [1.807, 2.05) is 24.3 Å². The highest BCUT2D eigenvalue weighted by Gasteiger charge is 2.26. The Balaban J connectivity index is 1.92. The Morgan fingerprint density at radius 2 is 2.19 bits per heavy atom. The van der Waals surface area contributed by atoms with Crippen LogP contribution in [-0.2, 0) is 4.74 Å². The average Bonchev–Trinajstić information content (AvgIpc) is 3.36. The first-order valence-electron chi connectivity index (χ1n) is 8.22.